The second-order valence-electron chi connectivity index (χ2n) is 6.45. The number of aryl methyl sites for hydroxylation is 1. The number of hydrogen-bond donors (Lipinski definition) is 1. The molecule has 1 aliphatic heterocycles. The summed E-state index contributed by atoms with van der Waals surface area (Å²) in [7, 11) is 0. The van der Waals surface area contributed by atoms with Crippen LogP contribution in [0, 0.1) is 6.92 Å². The summed E-state index contributed by atoms with van der Waals surface area (Å²) in [5.41, 5.74) is 1.18. The third-order valence-corrected chi connectivity index (χ3v) is 5.57. The molecule has 26 heavy (non-hydrogen) atoms. The number of urea groups is 1. The van der Waals surface area contributed by atoms with E-state index in [0.717, 1.165) is 4.88 Å². The van der Waals surface area contributed by atoms with Gasteiger partial charge in [-0.1, -0.05) is 41.6 Å². The molecule has 0 radical (unpaired) electrons. The molecule has 1 aromatic carbocycles. The van der Waals surface area contributed by atoms with E-state index in [9.17, 15) is 4.79 Å². The van der Waals surface area contributed by atoms with Gasteiger partial charge in [0, 0.05) is 23.9 Å². The summed E-state index contributed by atoms with van der Waals surface area (Å²) >= 11 is 1.64. The summed E-state index contributed by atoms with van der Waals surface area (Å²) < 4.78 is 5.43. The molecule has 1 aliphatic rings. The van der Waals surface area contributed by atoms with Crippen molar-refractivity contribution in [1.82, 2.24) is 20.4 Å². The molecule has 2 aromatic heterocycles. The van der Waals surface area contributed by atoms with Gasteiger partial charge < -0.3 is 14.7 Å². The van der Waals surface area contributed by atoms with E-state index in [1.807, 2.05) is 47.5 Å². The normalized spacial score (nSPS) is 19.7. The Hall–Kier alpha value is -2.67. The van der Waals surface area contributed by atoms with Crippen LogP contribution in [-0.2, 0) is 6.54 Å². The van der Waals surface area contributed by atoms with Crippen LogP contribution in [0.4, 0.5) is 4.79 Å². The molecule has 1 N–H and O–H groups in total. The smallest absolute Gasteiger partial charge is 0.317 e. The van der Waals surface area contributed by atoms with Crippen molar-refractivity contribution in [2.75, 3.05) is 13.1 Å². The fourth-order valence-corrected chi connectivity index (χ4v) is 4.05. The molecule has 2 amide bonds. The lowest BCUT2D eigenvalue weighted by Gasteiger charge is -2.17. The van der Waals surface area contributed by atoms with Crippen molar-refractivity contribution in [2.45, 2.75) is 25.3 Å². The predicted molar refractivity (Wildman–Crippen MR) is 99.1 cm³/mol. The van der Waals surface area contributed by atoms with Crippen LogP contribution in [0.5, 0.6) is 0 Å². The first kappa shape index (κ1) is 16.8. The van der Waals surface area contributed by atoms with Crippen molar-refractivity contribution in [3.8, 4) is 0 Å². The number of hydrogen-bond acceptors (Lipinski definition) is 5. The molecule has 1 saturated heterocycles. The summed E-state index contributed by atoms with van der Waals surface area (Å²) in [4.78, 5) is 20.0. The summed E-state index contributed by atoms with van der Waals surface area (Å²) in [5, 5.41) is 8.94. The maximum absolute atomic E-state index is 12.7. The lowest BCUT2D eigenvalue weighted by Crippen LogP contribution is -2.38. The fraction of sp³-hybridized carbons (Fsp3) is 0.316. The average Bonchev–Trinajstić information content (AvgIpc) is 3.40. The van der Waals surface area contributed by atoms with E-state index in [-0.39, 0.29) is 17.9 Å². The molecule has 0 saturated carbocycles. The standard InChI is InChI=1S/C19H20N4O2S/c1-13-21-18(25-22-13)17-12-23(11-16(17)14-6-3-2-4-7-14)19(24)20-10-15-8-5-9-26-15/h2-9,16-17H,10-12H2,1H3,(H,20,24)/t16-,17-/m1/s1. The van der Waals surface area contributed by atoms with Crippen molar-refractivity contribution >= 4 is 17.4 Å². The highest BCUT2D eigenvalue weighted by molar-refractivity contribution is 7.09. The average molecular weight is 368 g/mol. The zero-order valence-electron chi connectivity index (χ0n) is 14.5. The Morgan fingerprint density at radius 1 is 1.23 bits per heavy atom. The Labute approximate surface area is 155 Å². The zero-order valence-corrected chi connectivity index (χ0v) is 15.3. The van der Waals surface area contributed by atoms with E-state index >= 15 is 0 Å². The first-order chi connectivity index (χ1) is 12.7. The van der Waals surface area contributed by atoms with E-state index in [0.29, 0.717) is 31.3 Å². The van der Waals surface area contributed by atoms with Crippen LogP contribution in [0.25, 0.3) is 0 Å². The van der Waals surface area contributed by atoms with Crippen LogP contribution in [-0.4, -0.2) is 34.2 Å². The first-order valence-electron chi connectivity index (χ1n) is 8.61. The molecule has 0 unspecified atom stereocenters. The van der Waals surface area contributed by atoms with Crippen molar-refractivity contribution < 1.29 is 9.32 Å². The summed E-state index contributed by atoms with van der Waals surface area (Å²) in [5.74, 6) is 1.37. The number of amides is 2. The van der Waals surface area contributed by atoms with Crippen LogP contribution in [0.2, 0.25) is 0 Å². The molecule has 2 atom stereocenters. The summed E-state index contributed by atoms with van der Waals surface area (Å²) in [6, 6.07) is 14.2. The summed E-state index contributed by atoms with van der Waals surface area (Å²) in [6.45, 7) is 3.56. The van der Waals surface area contributed by atoms with Gasteiger partial charge in [-0.25, -0.2) is 4.79 Å². The van der Waals surface area contributed by atoms with E-state index in [4.69, 9.17) is 4.52 Å². The lowest BCUT2D eigenvalue weighted by atomic mass is 9.89. The van der Waals surface area contributed by atoms with Gasteiger partial charge in [-0.2, -0.15) is 4.98 Å². The second kappa shape index (κ2) is 7.29. The number of carbonyl (C=O) groups is 1. The molecule has 0 bridgehead atoms. The molecule has 1 fully saturated rings. The molecular weight excluding hydrogens is 348 g/mol. The molecule has 4 rings (SSSR count). The zero-order chi connectivity index (χ0) is 17.9. The first-order valence-corrected chi connectivity index (χ1v) is 9.49. The van der Waals surface area contributed by atoms with Crippen molar-refractivity contribution in [3.05, 3.63) is 70.0 Å². The predicted octanol–water partition coefficient (Wildman–Crippen LogP) is 3.53. The maximum Gasteiger partial charge on any atom is 0.317 e. The Kier molecular flexibility index (Phi) is 4.71. The van der Waals surface area contributed by atoms with Crippen LogP contribution in [0.1, 0.15) is 34.0 Å². The number of carbonyl (C=O) groups excluding carboxylic acids is 1. The largest absolute Gasteiger partial charge is 0.339 e. The van der Waals surface area contributed by atoms with Gasteiger partial charge >= 0.3 is 6.03 Å². The quantitative estimate of drug-likeness (QED) is 0.765. The van der Waals surface area contributed by atoms with Crippen molar-refractivity contribution in [3.63, 3.8) is 0 Å². The Balaban J connectivity index is 1.52. The summed E-state index contributed by atoms with van der Waals surface area (Å²) in [6.07, 6.45) is 0. The molecule has 7 heteroatoms. The van der Waals surface area contributed by atoms with Gasteiger partial charge in [-0.15, -0.1) is 11.3 Å². The lowest BCUT2D eigenvalue weighted by molar-refractivity contribution is 0.207. The van der Waals surface area contributed by atoms with Gasteiger partial charge in [0.2, 0.25) is 5.89 Å². The number of thiophene rings is 1. The number of aromatic nitrogens is 2. The highest BCUT2D eigenvalue weighted by atomic mass is 32.1. The topological polar surface area (TPSA) is 71.3 Å². The Morgan fingerprint density at radius 2 is 2.04 bits per heavy atom. The van der Waals surface area contributed by atoms with Crippen LogP contribution in [0.15, 0.2) is 52.4 Å². The minimum Gasteiger partial charge on any atom is -0.339 e. The van der Waals surface area contributed by atoms with E-state index in [2.05, 4.69) is 27.6 Å². The van der Waals surface area contributed by atoms with Gasteiger partial charge in [0.1, 0.15) is 0 Å². The molecule has 3 aromatic rings. The molecular formula is C19H20N4O2S. The second-order valence-corrected chi connectivity index (χ2v) is 7.48. The van der Waals surface area contributed by atoms with Gasteiger partial charge in [0.05, 0.1) is 12.5 Å². The van der Waals surface area contributed by atoms with Gasteiger partial charge in [0.25, 0.3) is 0 Å². The third-order valence-electron chi connectivity index (χ3n) is 4.69. The molecule has 0 aliphatic carbocycles. The number of nitrogens with one attached hydrogen (secondary N) is 1. The van der Waals surface area contributed by atoms with Crippen LogP contribution in [0.3, 0.4) is 0 Å². The van der Waals surface area contributed by atoms with Gasteiger partial charge in [-0.05, 0) is 23.9 Å². The monoisotopic (exact) mass is 368 g/mol. The highest BCUT2D eigenvalue weighted by Gasteiger charge is 2.40. The molecule has 0 spiro atoms. The third kappa shape index (κ3) is 3.48. The minimum absolute atomic E-state index is 0.00564. The Bertz CT molecular complexity index is 863. The molecule has 134 valence electrons. The fourth-order valence-electron chi connectivity index (χ4n) is 3.41. The van der Waals surface area contributed by atoms with Gasteiger partial charge in [-0.3, -0.25) is 0 Å². The van der Waals surface area contributed by atoms with E-state index in [1.54, 1.807) is 11.3 Å². The van der Waals surface area contributed by atoms with Gasteiger partial charge in [0.15, 0.2) is 5.82 Å². The minimum atomic E-state index is -0.0573. The Morgan fingerprint density at radius 3 is 2.73 bits per heavy atom. The highest BCUT2D eigenvalue weighted by Crippen LogP contribution is 2.38. The maximum atomic E-state index is 12.7. The van der Waals surface area contributed by atoms with E-state index < -0.39 is 0 Å². The number of nitrogens with zero attached hydrogens (tertiary/aromatic N) is 3. The number of benzene rings is 1. The van der Waals surface area contributed by atoms with Crippen LogP contribution < -0.4 is 5.32 Å². The number of rotatable bonds is 4. The van der Waals surface area contributed by atoms with E-state index in [1.165, 1.54) is 5.56 Å². The SMILES string of the molecule is Cc1noc([C@@H]2CN(C(=O)NCc3cccs3)C[C@@H]2c2ccccc2)n1. The molecule has 6 nitrogen and oxygen atoms in total. The molecule has 3 heterocycles. The van der Waals surface area contributed by atoms with Crippen molar-refractivity contribution in [2.24, 2.45) is 0 Å². The van der Waals surface area contributed by atoms with Crippen LogP contribution >= 0.6 is 11.3 Å². The number of likely N-dealkylation sites (tertiary alicyclic amines) is 1. The van der Waals surface area contributed by atoms with Crippen molar-refractivity contribution in [1.29, 1.82) is 0 Å².